The lowest BCUT2D eigenvalue weighted by molar-refractivity contribution is -0.147. The van der Waals surface area contributed by atoms with E-state index in [1.165, 1.54) is 14.0 Å². The number of Topliss-reactive ketones (excluding diaryl/α,β-unsaturated/α-hetero) is 1. The van der Waals surface area contributed by atoms with Gasteiger partial charge in [0.1, 0.15) is 0 Å². The van der Waals surface area contributed by atoms with Crippen LogP contribution in [-0.2, 0) is 16.1 Å². The van der Waals surface area contributed by atoms with Crippen LogP contribution in [-0.4, -0.2) is 35.6 Å². The minimum Gasteiger partial charge on any atom is -0.493 e. The van der Waals surface area contributed by atoms with E-state index in [9.17, 15) is 9.59 Å². The highest BCUT2D eigenvalue weighted by Gasteiger charge is 2.15. The van der Waals surface area contributed by atoms with Crippen LogP contribution in [0.2, 0.25) is 5.02 Å². The maximum absolute atomic E-state index is 11.9. The quantitative estimate of drug-likeness (QED) is 0.404. The summed E-state index contributed by atoms with van der Waals surface area (Å²) in [5.74, 6) is 0.338. The van der Waals surface area contributed by atoms with Crippen molar-refractivity contribution in [1.82, 2.24) is 10.1 Å². The van der Waals surface area contributed by atoms with E-state index in [1.54, 1.807) is 42.5 Å². The van der Waals surface area contributed by atoms with Gasteiger partial charge in [-0.05, 0) is 37.3 Å². The van der Waals surface area contributed by atoms with Crippen LogP contribution in [0.5, 0.6) is 11.5 Å². The molecule has 0 bridgehead atoms. The Bertz CT molecular complexity index is 1030. The average molecular weight is 417 g/mol. The Hall–Kier alpha value is -3.39. The second-order valence-electron chi connectivity index (χ2n) is 5.87. The fourth-order valence-electron chi connectivity index (χ4n) is 2.39. The van der Waals surface area contributed by atoms with Crippen molar-refractivity contribution < 1.29 is 28.3 Å². The van der Waals surface area contributed by atoms with Crippen molar-refractivity contribution >= 4 is 23.4 Å². The van der Waals surface area contributed by atoms with Gasteiger partial charge in [-0.1, -0.05) is 28.9 Å². The van der Waals surface area contributed by atoms with E-state index in [4.69, 9.17) is 30.3 Å². The van der Waals surface area contributed by atoms with Gasteiger partial charge >= 0.3 is 5.97 Å². The van der Waals surface area contributed by atoms with Crippen LogP contribution in [0.25, 0.3) is 11.5 Å². The van der Waals surface area contributed by atoms with E-state index in [2.05, 4.69) is 10.1 Å². The summed E-state index contributed by atoms with van der Waals surface area (Å²) >= 11 is 6.09. The zero-order valence-corrected chi connectivity index (χ0v) is 16.4. The number of ketones is 1. The Morgan fingerprint density at radius 3 is 2.66 bits per heavy atom. The molecule has 0 unspecified atom stereocenters. The van der Waals surface area contributed by atoms with Crippen molar-refractivity contribution in [2.24, 2.45) is 0 Å². The fraction of sp³-hybridized carbons (Fsp3) is 0.200. The number of aromatic nitrogens is 2. The molecule has 1 aromatic heterocycles. The Morgan fingerprint density at radius 2 is 1.93 bits per heavy atom. The number of ether oxygens (including phenoxy) is 3. The van der Waals surface area contributed by atoms with Crippen molar-refractivity contribution in [3.63, 3.8) is 0 Å². The summed E-state index contributed by atoms with van der Waals surface area (Å²) in [6.07, 6.45) is 0. The average Bonchev–Trinajstić information content (AvgIpc) is 3.19. The van der Waals surface area contributed by atoms with Crippen LogP contribution in [0.3, 0.4) is 0 Å². The third kappa shape index (κ3) is 5.11. The van der Waals surface area contributed by atoms with Crippen LogP contribution < -0.4 is 9.47 Å². The first-order valence-electron chi connectivity index (χ1n) is 8.53. The van der Waals surface area contributed by atoms with Crippen molar-refractivity contribution in [1.29, 1.82) is 0 Å². The van der Waals surface area contributed by atoms with Gasteiger partial charge in [0, 0.05) is 5.56 Å². The third-order valence-electron chi connectivity index (χ3n) is 3.85. The number of rotatable bonds is 8. The SMILES string of the molecule is COc1cc(C(C)=O)ccc1OCC(=O)OCc1noc(-c2ccccc2Cl)n1. The lowest BCUT2D eigenvalue weighted by Crippen LogP contribution is -2.15. The summed E-state index contributed by atoms with van der Waals surface area (Å²) in [6, 6.07) is 11.7. The number of halogens is 1. The predicted molar refractivity (Wildman–Crippen MR) is 103 cm³/mol. The number of nitrogens with zero attached hydrogens (tertiary/aromatic N) is 2. The van der Waals surface area contributed by atoms with Gasteiger partial charge in [0.2, 0.25) is 5.82 Å². The van der Waals surface area contributed by atoms with Gasteiger partial charge in [-0.15, -0.1) is 0 Å². The lowest BCUT2D eigenvalue weighted by atomic mass is 10.1. The van der Waals surface area contributed by atoms with Crippen LogP contribution in [0, 0.1) is 0 Å². The van der Waals surface area contributed by atoms with E-state index in [1.807, 2.05) is 0 Å². The molecule has 2 aromatic carbocycles. The summed E-state index contributed by atoms with van der Waals surface area (Å²) in [7, 11) is 1.44. The summed E-state index contributed by atoms with van der Waals surface area (Å²) in [5, 5.41) is 4.23. The Balaban J connectivity index is 1.55. The molecule has 1 heterocycles. The summed E-state index contributed by atoms with van der Waals surface area (Å²) in [4.78, 5) is 27.5. The Kier molecular flexibility index (Phi) is 6.46. The maximum Gasteiger partial charge on any atom is 0.344 e. The van der Waals surface area contributed by atoms with Crippen molar-refractivity contribution in [2.75, 3.05) is 13.7 Å². The second kappa shape index (κ2) is 9.20. The van der Waals surface area contributed by atoms with E-state index in [0.717, 1.165) is 0 Å². The first kappa shape index (κ1) is 20.3. The molecule has 0 saturated carbocycles. The minimum absolute atomic E-state index is 0.106. The molecule has 3 rings (SSSR count). The molecule has 0 N–H and O–H groups in total. The first-order chi connectivity index (χ1) is 14.0. The number of carbonyl (C=O) groups excluding carboxylic acids is 2. The molecule has 0 radical (unpaired) electrons. The Morgan fingerprint density at radius 1 is 1.14 bits per heavy atom. The predicted octanol–water partition coefficient (Wildman–Crippen LogP) is 3.72. The molecule has 3 aromatic rings. The summed E-state index contributed by atoms with van der Waals surface area (Å²) in [6.45, 7) is 0.906. The molecule has 0 aliphatic carbocycles. The largest absolute Gasteiger partial charge is 0.493 e. The standard InChI is InChI=1S/C20H17ClN2O6/c1-12(24)13-7-8-16(17(9-13)26-2)27-11-19(25)28-10-18-22-20(29-23-18)14-5-3-4-6-15(14)21/h3-9H,10-11H2,1-2H3. The van der Waals surface area contributed by atoms with Gasteiger partial charge in [0.05, 0.1) is 17.7 Å². The van der Waals surface area contributed by atoms with E-state index in [0.29, 0.717) is 27.6 Å². The number of esters is 1. The van der Waals surface area contributed by atoms with E-state index in [-0.39, 0.29) is 30.7 Å². The monoisotopic (exact) mass is 416 g/mol. The molecule has 150 valence electrons. The van der Waals surface area contributed by atoms with Gasteiger partial charge in [-0.25, -0.2) is 4.79 Å². The zero-order chi connectivity index (χ0) is 20.8. The molecule has 8 nitrogen and oxygen atoms in total. The Labute approximate surface area is 171 Å². The fourth-order valence-corrected chi connectivity index (χ4v) is 2.60. The van der Waals surface area contributed by atoms with Crippen LogP contribution in [0.4, 0.5) is 0 Å². The van der Waals surface area contributed by atoms with Gasteiger partial charge in [0.15, 0.2) is 30.5 Å². The first-order valence-corrected chi connectivity index (χ1v) is 8.90. The number of benzene rings is 2. The third-order valence-corrected chi connectivity index (χ3v) is 4.18. The number of methoxy groups -OCH3 is 1. The highest BCUT2D eigenvalue weighted by Crippen LogP contribution is 2.28. The van der Waals surface area contributed by atoms with E-state index >= 15 is 0 Å². The lowest BCUT2D eigenvalue weighted by Gasteiger charge is -2.11. The van der Waals surface area contributed by atoms with Crippen molar-refractivity contribution in [2.45, 2.75) is 13.5 Å². The smallest absolute Gasteiger partial charge is 0.344 e. The maximum atomic E-state index is 11.9. The molecular weight excluding hydrogens is 400 g/mol. The summed E-state index contributed by atoms with van der Waals surface area (Å²) < 4.78 is 20.8. The summed E-state index contributed by atoms with van der Waals surface area (Å²) in [5.41, 5.74) is 1.06. The molecule has 0 amide bonds. The molecule has 0 fully saturated rings. The normalized spacial score (nSPS) is 10.4. The highest BCUT2D eigenvalue weighted by atomic mass is 35.5. The zero-order valence-electron chi connectivity index (χ0n) is 15.7. The van der Waals surface area contributed by atoms with Gasteiger partial charge in [0.25, 0.3) is 5.89 Å². The molecule has 29 heavy (non-hydrogen) atoms. The van der Waals surface area contributed by atoms with Crippen molar-refractivity contribution in [3.05, 3.63) is 58.9 Å². The van der Waals surface area contributed by atoms with Crippen molar-refractivity contribution in [3.8, 4) is 23.0 Å². The number of hydrogen-bond donors (Lipinski definition) is 0. The number of hydrogen-bond acceptors (Lipinski definition) is 8. The topological polar surface area (TPSA) is 101 Å². The van der Waals surface area contributed by atoms with Crippen LogP contribution in [0.1, 0.15) is 23.1 Å². The molecule has 0 spiro atoms. The van der Waals surface area contributed by atoms with E-state index < -0.39 is 5.97 Å². The molecular formula is C20H17ClN2O6. The number of carbonyl (C=O) groups is 2. The molecule has 9 heteroatoms. The van der Waals surface area contributed by atoms with Gasteiger partial charge in [-0.2, -0.15) is 4.98 Å². The van der Waals surface area contributed by atoms with Crippen LogP contribution in [0.15, 0.2) is 47.0 Å². The van der Waals surface area contributed by atoms with Crippen LogP contribution >= 0.6 is 11.6 Å². The minimum atomic E-state index is -0.633. The molecule has 0 atom stereocenters. The molecule has 0 aliphatic heterocycles. The van der Waals surface area contributed by atoms with Gasteiger partial charge < -0.3 is 18.7 Å². The second-order valence-corrected chi connectivity index (χ2v) is 6.27. The molecule has 0 saturated heterocycles. The molecule has 0 aliphatic rings. The van der Waals surface area contributed by atoms with Gasteiger partial charge in [-0.3, -0.25) is 4.79 Å². The highest BCUT2D eigenvalue weighted by molar-refractivity contribution is 6.33.